The first-order valence-electron chi connectivity index (χ1n) is 8.76. The Hall–Kier alpha value is -3.26. The lowest BCUT2D eigenvalue weighted by Gasteiger charge is -2.23. The maximum atomic E-state index is 13.3. The van der Waals surface area contributed by atoms with E-state index in [1.54, 1.807) is 37.3 Å². The summed E-state index contributed by atoms with van der Waals surface area (Å²) >= 11 is 0. The molecule has 0 heterocycles. The highest BCUT2D eigenvalue weighted by atomic mass is 32.2. The highest BCUT2D eigenvalue weighted by Gasteiger charge is 2.24. The van der Waals surface area contributed by atoms with E-state index in [0.717, 1.165) is 12.1 Å². The van der Waals surface area contributed by atoms with Crippen LogP contribution in [0.1, 0.15) is 17.3 Å². The SMILES string of the molecule is CCN(c1ccccc1)S(=O)(=O)c1cccc(C(=O)Nc2cc(F)cc(F)c2)c1. The number of hydrogen-bond acceptors (Lipinski definition) is 3. The number of amides is 1. The van der Waals surface area contributed by atoms with Crippen LogP contribution < -0.4 is 9.62 Å². The van der Waals surface area contributed by atoms with E-state index in [1.165, 1.54) is 28.6 Å². The average molecular weight is 416 g/mol. The summed E-state index contributed by atoms with van der Waals surface area (Å²) in [5.41, 5.74) is 0.472. The van der Waals surface area contributed by atoms with Crippen LogP contribution in [-0.4, -0.2) is 20.9 Å². The van der Waals surface area contributed by atoms with E-state index in [9.17, 15) is 22.0 Å². The summed E-state index contributed by atoms with van der Waals surface area (Å²) in [6, 6.07) is 16.7. The first-order chi connectivity index (χ1) is 13.8. The molecule has 0 spiro atoms. The Morgan fingerprint density at radius 1 is 0.931 bits per heavy atom. The second kappa shape index (κ2) is 8.40. The maximum absolute atomic E-state index is 13.3. The van der Waals surface area contributed by atoms with Crippen LogP contribution in [-0.2, 0) is 10.0 Å². The van der Waals surface area contributed by atoms with Crippen molar-refractivity contribution in [3.8, 4) is 0 Å². The van der Waals surface area contributed by atoms with Gasteiger partial charge in [-0.1, -0.05) is 24.3 Å². The van der Waals surface area contributed by atoms with Gasteiger partial charge in [0.2, 0.25) is 0 Å². The second-order valence-corrected chi connectivity index (χ2v) is 8.01. The average Bonchev–Trinajstić information content (AvgIpc) is 2.68. The third-order valence-corrected chi connectivity index (χ3v) is 6.03. The summed E-state index contributed by atoms with van der Waals surface area (Å²) in [5.74, 6) is -2.36. The topological polar surface area (TPSA) is 66.5 Å². The fraction of sp³-hybridized carbons (Fsp3) is 0.0952. The number of anilines is 2. The molecule has 1 amide bonds. The summed E-state index contributed by atoms with van der Waals surface area (Å²) in [6.45, 7) is 1.91. The van der Waals surface area contributed by atoms with Gasteiger partial charge in [0.15, 0.2) is 0 Å². The summed E-state index contributed by atoms with van der Waals surface area (Å²) < 4.78 is 54.0. The van der Waals surface area contributed by atoms with Crippen LogP contribution in [0.5, 0.6) is 0 Å². The molecule has 0 saturated carbocycles. The number of carbonyl (C=O) groups excluding carboxylic acids is 1. The van der Waals surface area contributed by atoms with Crippen molar-refractivity contribution in [1.82, 2.24) is 0 Å². The lowest BCUT2D eigenvalue weighted by molar-refractivity contribution is 0.102. The predicted molar refractivity (Wildman–Crippen MR) is 107 cm³/mol. The molecule has 0 saturated heterocycles. The molecule has 3 aromatic rings. The van der Waals surface area contributed by atoms with Crippen LogP contribution in [0.25, 0.3) is 0 Å². The van der Waals surface area contributed by atoms with Gasteiger partial charge in [-0.25, -0.2) is 17.2 Å². The fourth-order valence-corrected chi connectivity index (χ4v) is 4.36. The smallest absolute Gasteiger partial charge is 0.264 e. The van der Waals surface area contributed by atoms with Gasteiger partial charge in [0, 0.05) is 23.9 Å². The zero-order chi connectivity index (χ0) is 21.0. The van der Waals surface area contributed by atoms with Gasteiger partial charge >= 0.3 is 0 Å². The van der Waals surface area contributed by atoms with Gasteiger partial charge in [-0.3, -0.25) is 9.10 Å². The maximum Gasteiger partial charge on any atom is 0.264 e. The molecule has 1 N–H and O–H groups in total. The van der Waals surface area contributed by atoms with Gasteiger partial charge in [-0.05, 0) is 49.4 Å². The van der Waals surface area contributed by atoms with E-state index < -0.39 is 27.6 Å². The molecule has 8 heteroatoms. The Morgan fingerprint density at radius 2 is 1.59 bits per heavy atom. The molecule has 0 aromatic heterocycles. The minimum Gasteiger partial charge on any atom is -0.322 e. The number of nitrogens with zero attached hydrogens (tertiary/aromatic N) is 1. The van der Waals surface area contributed by atoms with Crippen LogP contribution >= 0.6 is 0 Å². The molecule has 0 aliphatic carbocycles. The lowest BCUT2D eigenvalue weighted by Crippen LogP contribution is -2.30. The Morgan fingerprint density at radius 3 is 2.21 bits per heavy atom. The van der Waals surface area contributed by atoms with Crippen LogP contribution in [0.2, 0.25) is 0 Å². The second-order valence-electron chi connectivity index (χ2n) is 6.15. The number of rotatable bonds is 6. The molecule has 0 aliphatic heterocycles. The molecule has 5 nitrogen and oxygen atoms in total. The van der Waals surface area contributed by atoms with E-state index in [-0.39, 0.29) is 22.7 Å². The van der Waals surface area contributed by atoms with Crippen molar-refractivity contribution in [2.75, 3.05) is 16.2 Å². The number of sulfonamides is 1. The first kappa shape index (κ1) is 20.5. The van der Waals surface area contributed by atoms with E-state index >= 15 is 0 Å². The number of benzene rings is 3. The van der Waals surface area contributed by atoms with Gasteiger partial charge in [0.05, 0.1) is 10.6 Å². The van der Waals surface area contributed by atoms with Crippen LogP contribution in [0.3, 0.4) is 0 Å². The van der Waals surface area contributed by atoms with Gasteiger partial charge in [0.1, 0.15) is 11.6 Å². The fourth-order valence-electron chi connectivity index (χ4n) is 2.84. The first-order valence-corrected chi connectivity index (χ1v) is 10.2. The van der Waals surface area contributed by atoms with Crippen molar-refractivity contribution in [3.05, 3.63) is 90.0 Å². The molecular weight excluding hydrogens is 398 g/mol. The van der Waals surface area contributed by atoms with Gasteiger partial charge in [-0.2, -0.15) is 0 Å². The molecule has 3 aromatic carbocycles. The Kier molecular flexibility index (Phi) is 5.93. The van der Waals surface area contributed by atoms with Crippen LogP contribution in [0.15, 0.2) is 77.7 Å². The van der Waals surface area contributed by atoms with Crippen molar-refractivity contribution in [1.29, 1.82) is 0 Å². The lowest BCUT2D eigenvalue weighted by atomic mass is 10.2. The molecule has 0 bridgehead atoms. The molecule has 0 aliphatic rings. The monoisotopic (exact) mass is 416 g/mol. The summed E-state index contributed by atoms with van der Waals surface area (Å²) in [7, 11) is -3.91. The quantitative estimate of drug-likeness (QED) is 0.646. The zero-order valence-electron chi connectivity index (χ0n) is 15.5. The largest absolute Gasteiger partial charge is 0.322 e. The van der Waals surface area contributed by atoms with E-state index in [2.05, 4.69) is 5.32 Å². The Labute approximate surface area is 167 Å². The normalized spacial score (nSPS) is 11.1. The van der Waals surface area contributed by atoms with Crippen molar-refractivity contribution >= 4 is 27.3 Å². The molecular formula is C21H18F2N2O3S. The van der Waals surface area contributed by atoms with Gasteiger partial charge in [0.25, 0.3) is 15.9 Å². The molecule has 0 radical (unpaired) electrons. The third-order valence-electron chi connectivity index (χ3n) is 4.14. The number of hydrogen-bond donors (Lipinski definition) is 1. The van der Waals surface area contributed by atoms with Gasteiger partial charge in [-0.15, -0.1) is 0 Å². The number of para-hydroxylation sites is 1. The standard InChI is InChI=1S/C21H18F2N2O3S/c1-2-25(19-8-4-3-5-9-19)29(27,28)20-10-6-7-15(11-20)21(26)24-18-13-16(22)12-17(23)14-18/h3-14H,2H2,1H3,(H,24,26). The van der Waals surface area contributed by atoms with E-state index in [1.807, 2.05) is 0 Å². The molecule has 150 valence electrons. The van der Waals surface area contributed by atoms with E-state index in [4.69, 9.17) is 0 Å². The van der Waals surface area contributed by atoms with Gasteiger partial charge < -0.3 is 5.32 Å². The van der Waals surface area contributed by atoms with Crippen molar-refractivity contribution in [3.63, 3.8) is 0 Å². The van der Waals surface area contributed by atoms with Crippen molar-refractivity contribution in [2.24, 2.45) is 0 Å². The molecule has 0 unspecified atom stereocenters. The minimum absolute atomic E-state index is 0.0415. The number of halogens is 2. The van der Waals surface area contributed by atoms with Crippen LogP contribution in [0, 0.1) is 11.6 Å². The highest BCUT2D eigenvalue weighted by molar-refractivity contribution is 7.92. The summed E-state index contributed by atoms with van der Waals surface area (Å²) in [4.78, 5) is 12.4. The minimum atomic E-state index is -3.91. The molecule has 0 fully saturated rings. The van der Waals surface area contributed by atoms with Crippen LogP contribution in [0.4, 0.5) is 20.2 Å². The zero-order valence-corrected chi connectivity index (χ0v) is 16.3. The molecule has 3 rings (SSSR count). The third kappa shape index (κ3) is 4.60. The van der Waals surface area contributed by atoms with E-state index in [0.29, 0.717) is 11.8 Å². The Bertz CT molecular complexity index is 1120. The van der Waals surface area contributed by atoms with Crippen molar-refractivity contribution < 1.29 is 22.0 Å². The number of nitrogens with one attached hydrogen (secondary N) is 1. The molecule has 0 atom stereocenters. The Balaban J connectivity index is 1.91. The number of carbonyl (C=O) groups is 1. The van der Waals surface area contributed by atoms with Crippen molar-refractivity contribution in [2.45, 2.75) is 11.8 Å². The summed E-state index contributed by atoms with van der Waals surface area (Å²) in [6.07, 6.45) is 0. The predicted octanol–water partition coefficient (Wildman–Crippen LogP) is 4.43. The highest BCUT2D eigenvalue weighted by Crippen LogP contribution is 2.24. The molecule has 29 heavy (non-hydrogen) atoms. The summed E-state index contributed by atoms with van der Waals surface area (Å²) in [5, 5.41) is 2.37.